The fourth-order valence-corrected chi connectivity index (χ4v) is 1.20. The van der Waals surface area contributed by atoms with Crippen LogP contribution in [0.4, 0.5) is 0 Å². The highest BCUT2D eigenvalue weighted by Gasteiger charge is 2.05. The van der Waals surface area contributed by atoms with Gasteiger partial charge in [-0.15, -0.1) is 0 Å². The van der Waals surface area contributed by atoms with Gasteiger partial charge in [-0.1, -0.05) is 19.3 Å². The molecule has 0 spiro atoms. The first kappa shape index (κ1) is 12.6. The van der Waals surface area contributed by atoms with Crippen molar-refractivity contribution >= 4 is 5.78 Å². The van der Waals surface area contributed by atoms with Crippen molar-refractivity contribution in [3.05, 3.63) is 0 Å². The molecule has 0 aromatic heterocycles. The summed E-state index contributed by atoms with van der Waals surface area (Å²) in [6.45, 7) is 2.52. The molecule has 1 atom stereocenters. The van der Waals surface area contributed by atoms with Gasteiger partial charge >= 0.3 is 0 Å². The lowest BCUT2D eigenvalue weighted by Crippen LogP contribution is -2.26. The number of carbonyl (C=O) groups is 1. The molecule has 0 bridgehead atoms. The second kappa shape index (κ2) is 8.20. The van der Waals surface area contributed by atoms with E-state index in [9.17, 15) is 4.79 Å². The van der Waals surface area contributed by atoms with E-state index >= 15 is 0 Å². The van der Waals surface area contributed by atoms with E-state index in [-0.39, 0.29) is 11.8 Å². The zero-order chi connectivity index (χ0) is 10.1. The molecule has 0 aromatic carbocycles. The number of Topliss-reactive ketones (excluding diaryl/α,β-unsaturated/α-hetero) is 1. The third-order valence-corrected chi connectivity index (χ3v) is 2.14. The minimum absolute atomic E-state index is 0.179. The van der Waals surface area contributed by atoms with Gasteiger partial charge < -0.3 is 11.5 Å². The van der Waals surface area contributed by atoms with Gasteiger partial charge in [-0.25, -0.2) is 0 Å². The third-order valence-electron chi connectivity index (χ3n) is 2.14. The number of unbranched alkanes of at least 4 members (excludes halogenated alkanes) is 4. The Morgan fingerprint density at radius 3 is 2.23 bits per heavy atom. The van der Waals surface area contributed by atoms with Crippen molar-refractivity contribution in [2.75, 3.05) is 6.54 Å². The first-order valence-corrected chi connectivity index (χ1v) is 5.17. The zero-order valence-corrected chi connectivity index (χ0v) is 8.59. The number of hydrogen-bond donors (Lipinski definition) is 2. The molecule has 0 aliphatic rings. The molecule has 0 fully saturated rings. The average molecular weight is 186 g/mol. The zero-order valence-electron chi connectivity index (χ0n) is 8.59. The number of ketones is 1. The molecule has 78 valence electrons. The average Bonchev–Trinajstić information content (AvgIpc) is 2.10. The molecule has 0 aliphatic heterocycles. The first-order valence-electron chi connectivity index (χ1n) is 5.17. The molecule has 13 heavy (non-hydrogen) atoms. The summed E-state index contributed by atoms with van der Waals surface area (Å²) in [6, 6.07) is -0.288. The van der Waals surface area contributed by atoms with Gasteiger partial charge in [-0.3, -0.25) is 4.79 Å². The highest BCUT2D eigenvalue weighted by atomic mass is 16.1. The van der Waals surface area contributed by atoms with E-state index in [1.165, 1.54) is 12.8 Å². The number of carbonyl (C=O) groups excluding carboxylic acids is 1. The van der Waals surface area contributed by atoms with E-state index in [0.717, 1.165) is 25.8 Å². The smallest absolute Gasteiger partial charge is 0.149 e. The number of rotatable bonds is 8. The van der Waals surface area contributed by atoms with Crippen LogP contribution in [0.3, 0.4) is 0 Å². The maximum atomic E-state index is 11.1. The SMILES string of the molecule is CC(N)C(=O)CCCCCCCN. The lowest BCUT2D eigenvalue weighted by atomic mass is 10.1. The van der Waals surface area contributed by atoms with Crippen molar-refractivity contribution in [2.24, 2.45) is 11.5 Å². The number of hydrogen-bond acceptors (Lipinski definition) is 3. The van der Waals surface area contributed by atoms with Crippen LogP contribution in [0.25, 0.3) is 0 Å². The van der Waals surface area contributed by atoms with Crippen molar-refractivity contribution < 1.29 is 4.79 Å². The molecule has 0 saturated heterocycles. The van der Waals surface area contributed by atoms with Gasteiger partial charge in [0.25, 0.3) is 0 Å². The van der Waals surface area contributed by atoms with E-state index in [4.69, 9.17) is 11.5 Å². The van der Waals surface area contributed by atoms with E-state index in [1.54, 1.807) is 6.92 Å². The summed E-state index contributed by atoms with van der Waals surface area (Å²) in [5.41, 5.74) is 10.8. The van der Waals surface area contributed by atoms with E-state index < -0.39 is 0 Å². The van der Waals surface area contributed by atoms with Crippen LogP contribution in [-0.4, -0.2) is 18.4 Å². The Kier molecular flexibility index (Phi) is 7.94. The molecule has 0 saturated carbocycles. The van der Waals surface area contributed by atoms with Crippen molar-refractivity contribution in [3.8, 4) is 0 Å². The second-order valence-corrected chi connectivity index (χ2v) is 3.56. The van der Waals surface area contributed by atoms with Gasteiger partial charge in [0.2, 0.25) is 0 Å². The second-order valence-electron chi connectivity index (χ2n) is 3.56. The molecule has 0 amide bonds. The standard InChI is InChI=1S/C10H22N2O/c1-9(12)10(13)7-5-3-2-4-6-8-11/h9H,2-8,11-12H2,1H3. The lowest BCUT2D eigenvalue weighted by Gasteiger charge is -2.03. The Morgan fingerprint density at radius 1 is 1.15 bits per heavy atom. The van der Waals surface area contributed by atoms with Crippen LogP contribution in [0.1, 0.15) is 45.4 Å². The molecular weight excluding hydrogens is 164 g/mol. The minimum atomic E-state index is -0.288. The molecule has 0 radical (unpaired) electrons. The van der Waals surface area contributed by atoms with Crippen molar-refractivity contribution in [1.29, 1.82) is 0 Å². The van der Waals surface area contributed by atoms with Gasteiger partial charge in [-0.2, -0.15) is 0 Å². The molecular formula is C10H22N2O. The van der Waals surface area contributed by atoms with Gasteiger partial charge in [0, 0.05) is 6.42 Å². The van der Waals surface area contributed by atoms with Gasteiger partial charge in [-0.05, 0) is 26.3 Å². The fraction of sp³-hybridized carbons (Fsp3) is 0.900. The van der Waals surface area contributed by atoms with Crippen LogP contribution in [0.15, 0.2) is 0 Å². The van der Waals surface area contributed by atoms with Crippen molar-refractivity contribution in [2.45, 2.75) is 51.5 Å². The largest absolute Gasteiger partial charge is 0.330 e. The Labute approximate surface area is 80.9 Å². The third kappa shape index (κ3) is 7.94. The van der Waals surface area contributed by atoms with Crippen molar-refractivity contribution in [3.63, 3.8) is 0 Å². The topological polar surface area (TPSA) is 69.1 Å². The maximum absolute atomic E-state index is 11.1. The van der Waals surface area contributed by atoms with Crippen LogP contribution < -0.4 is 11.5 Å². The quantitative estimate of drug-likeness (QED) is 0.560. The van der Waals surface area contributed by atoms with Crippen molar-refractivity contribution in [1.82, 2.24) is 0 Å². The molecule has 4 N–H and O–H groups in total. The summed E-state index contributed by atoms with van der Waals surface area (Å²) >= 11 is 0. The number of nitrogens with two attached hydrogens (primary N) is 2. The normalized spacial score (nSPS) is 12.8. The summed E-state index contributed by atoms with van der Waals surface area (Å²) < 4.78 is 0. The molecule has 3 nitrogen and oxygen atoms in total. The Hall–Kier alpha value is -0.410. The highest BCUT2D eigenvalue weighted by Crippen LogP contribution is 2.05. The molecule has 3 heteroatoms. The minimum Gasteiger partial charge on any atom is -0.330 e. The summed E-state index contributed by atoms with van der Waals surface area (Å²) in [7, 11) is 0. The van der Waals surface area contributed by atoms with Crippen LogP contribution in [0.2, 0.25) is 0 Å². The van der Waals surface area contributed by atoms with Crippen LogP contribution in [0, 0.1) is 0 Å². The molecule has 0 rings (SSSR count). The van der Waals surface area contributed by atoms with E-state index in [0.29, 0.717) is 6.42 Å². The summed E-state index contributed by atoms with van der Waals surface area (Å²) in [6.07, 6.45) is 6.21. The summed E-state index contributed by atoms with van der Waals surface area (Å²) in [5.74, 6) is 0.179. The molecule has 0 aliphatic carbocycles. The van der Waals surface area contributed by atoms with E-state index in [2.05, 4.69) is 0 Å². The van der Waals surface area contributed by atoms with Gasteiger partial charge in [0.15, 0.2) is 0 Å². The summed E-state index contributed by atoms with van der Waals surface area (Å²) in [5, 5.41) is 0. The first-order chi connectivity index (χ1) is 6.18. The van der Waals surface area contributed by atoms with E-state index in [1.807, 2.05) is 0 Å². The molecule has 0 heterocycles. The monoisotopic (exact) mass is 186 g/mol. The summed E-state index contributed by atoms with van der Waals surface area (Å²) in [4.78, 5) is 11.1. The predicted octanol–water partition coefficient (Wildman–Crippen LogP) is 1.20. The Balaban J connectivity index is 3.12. The lowest BCUT2D eigenvalue weighted by molar-refractivity contribution is -0.120. The molecule has 0 aromatic rings. The van der Waals surface area contributed by atoms with Gasteiger partial charge in [0.1, 0.15) is 5.78 Å². The predicted molar refractivity (Wildman–Crippen MR) is 55.4 cm³/mol. The highest BCUT2D eigenvalue weighted by molar-refractivity contribution is 5.83. The molecule has 1 unspecified atom stereocenters. The fourth-order valence-electron chi connectivity index (χ4n) is 1.20. The van der Waals surface area contributed by atoms with Crippen LogP contribution in [-0.2, 0) is 4.79 Å². The Morgan fingerprint density at radius 2 is 1.69 bits per heavy atom. The van der Waals surface area contributed by atoms with Gasteiger partial charge in [0.05, 0.1) is 6.04 Å². The van der Waals surface area contributed by atoms with Crippen LogP contribution in [0.5, 0.6) is 0 Å². The maximum Gasteiger partial charge on any atom is 0.149 e. The Bertz CT molecular complexity index is 135. The van der Waals surface area contributed by atoms with Crippen LogP contribution >= 0.6 is 0 Å².